The van der Waals surface area contributed by atoms with Crippen molar-refractivity contribution in [2.45, 2.75) is 13.0 Å². The van der Waals surface area contributed by atoms with E-state index >= 15 is 0 Å². The van der Waals surface area contributed by atoms with Gasteiger partial charge in [0, 0.05) is 11.4 Å². The molecule has 0 fully saturated rings. The summed E-state index contributed by atoms with van der Waals surface area (Å²) in [6.07, 6.45) is 0. The topological polar surface area (TPSA) is 70.2 Å². The molecule has 0 bridgehead atoms. The first-order valence-corrected chi connectivity index (χ1v) is 8.04. The number of anilines is 2. The van der Waals surface area contributed by atoms with Gasteiger partial charge in [-0.05, 0) is 42.0 Å². The Labute approximate surface area is 146 Å². The molecule has 0 heterocycles. The molecule has 0 aromatic heterocycles. The molecule has 0 radical (unpaired) electrons. The molecule has 3 rings (SSSR count). The number of para-hydroxylation sites is 1. The highest BCUT2D eigenvalue weighted by atomic mass is 16.2. The van der Waals surface area contributed by atoms with Crippen LogP contribution in [0.4, 0.5) is 16.2 Å². The van der Waals surface area contributed by atoms with Crippen LogP contribution < -0.4 is 16.0 Å². The van der Waals surface area contributed by atoms with Crippen LogP contribution >= 0.6 is 0 Å². The average Bonchev–Trinajstić information content (AvgIpc) is 2.62. The Hall–Kier alpha value is -3.34. The summed E-state index contributed by atoms with van der Waals surface area (Å²) in [5.41, 5.74) is 1.45. The minimum absolute atomic E-state index is 0.401. The third-order valence-electron chi connectivity index (χ3n) is 3.79. The van der Waals surface area contributed by atoms with Gasteiger partial charge in [-0.2, -0.15) is 0 Å². The largest absolute Gasteiger partial charge is 0.374 e. The Morgan fingerprint density at radius 3 is 2.24 bits per heavy atom. The molecule has 0 aliphatic carbocycles. The van der Waals surface area contributed by atoms with E-state index in [1.807, 2.05) is 48.5 Å². The van der Waals surface area contributed by atoms with Crippen LogP contribution in [0.5, 0.6) is 0 Å². The maximum atomic E-state index is 12.2. The van der Waals surface area contributed by atoms with Gasteiger partial charge in [0.25, 0.3) is 0 Å². The zero-order valence-electron chi connectivity index (χ0n) is 13.8. The van der Waals surface area contributed by atoms with Gasteiger partial charge in [0.15, 0.2) is 0 Å². The molecule has 5 heteroatoms. The van der Waals surface area contributed by atoms with Crippen LogP contribution in [0.25, 0.3) is 10.8 Å². The molecule has 3 aromatic rings. The maximum absolute atomic E-state index is 12.2. The van der Waals surface area contributed by atoms with Crippen molar-refractivity contribution in [2.75, 3.05) is 10.6 Å². The number of rotatable bonds is 4. The van der Waals surface area contributed by atoms with Crippen molar-refractivity contribution in [1.82, 2.24) is 5.32 Å². The molecule has 0 aliphatic rings. The Morgan fingerprint density at radius 1 is 0.800 bits per heavy atom. The maximum Gasteiger partial charge on any atom is 0.325 e. The monoisotopic (exact) mass is 333 g/mol. The van der Waals surface area contributed by atoms with Crippen LogP contribution in [0.2, 0.25) is 0 Å². The zero-order valence-corrected chi connectivity index (χ0v) is 13.8. The summed E-state index contributed by atoms with van der Waals surface area (Å²) < 4.78 is 0. The van der Waals surface area contributed by atoms with Crippen LogP contribution in [0.1, 0.15) is 6.92 Å². The third kappa shape index (κ3) is 4.35. The lowest BCUT2D eigenvalue weighted by atomic mass is 10.1. The van der Waals surface area contributed by atoms with Crippen molar-refractivity contribution < 1.29 is 9.59 Å². The van der Waals surface area contributed by atoms with Gasteiger partial charge >= 0.3 is 6.03 Å². The van der Waals surface area contributed by atoms with Crippen LogP contribution in [0, 0.1) is 0 Å². The minimum atomic E-state index is -0.553. The van der Waals surface area contributed by atoms with E-state index in [1.54, 1.807) is 31.2 Å². The summed E-state index contributed by atoms with van der Waals surface area (Å²) in [6, 6.07) is 21.7. The van der Waals surface area contributed by atoms with Crippen molar-refractivity contribution in [3.05, 3.63) is 72.8 Å². The summed E-state index contributed by atoms with van der Waals surface area (Å²) in [5.74, 6) is -0.401. The number of nitrogens with one attached hydrogen (secondary N) is 3. The molecule has 0 aliphatic heterocycles. The van der Waals surface area contributed by atoms with Gasteiger partial charge in [-0.1, -0.05) is 48.5 Å². The number of carbonyl (C=O) groups excluding carboxylic acids is 2. The highest BCUT2D eigenvalue weighted by molar-refractivity contribution is 6.03. The van der Waals surface area contributed by atoms with E-state index in [2.05, 4.69) is 16.0 Å². The summed E-state index contributed by atoms with van der Waals surface area (Å²) in [7, 11) is 0. The molecule has 0 saturated heterocycles. The van der Waals surface area contributed by atoms with Gasteiger partial charge in [0.2, 0.25) is 5.91 Å². The van der Waals surface area contributed by atoms with Crippen LogP contribution in [0.15, 0.2) is 72.8 Å². The Bertz CT molecular complexity index is 894. The highest BCUT2D eigenvalue weighted by Crippen LogP contribution is 2.19. The molecule has 1 unspecified atom stereocenters. The number of hydrogen-bond donors (Lipinski definition) is 3. The number of urea groups is 1. The summed E-state index contributed by atoms with van der Waals surface area (Å²) in [6.45, 7) is 1.71. The Morgan fingerprint density at radius 2 is 1.48 bits per heavy atom. The fraction of sp³-hybridized carbons (Fsp3) is 0.100. The van der Waals surface area contributed by atoms with Crippen molar-refractivity contribution in [1.29, 1.82) is 0 Å². The van der Waals surface area contributed by atoms with E-state index in [4.69, 9.17) is 0 Å². The molecule has 25 heavy (non-hydrogen) atoms. The van der Waals surface area contributed by atoms with Gasteiger partial charge in [0.1, 0.15) is 6.04 Å². The van der Waals surface area contributed by atoms with Crippen LogP contribution in [0.3, 0.4) is 0 Å². The van der Waals surface area contributed by atoms with E-state index in [1.165, 1.54) is 0 Å². The number of imide groups is 1. The van der Waals surface area contributed by atoms with Crippen molar-refractivity contribution >= 4 is 34.1 Å². The SMILES string of the molecule is CC(Nc1ccc2ccccc2c1)C(=O)NC(=O)Nc1ccccc1. The van der Waals surface area contributed by atoms with Crippen LogP contribution in [-0.4, -0.2) is 18.0 Å². The second-order valence-electron chi connectivity index (χ2n) is 5.74. The molecule has 3 amide bonds. The first-order valence-electron chi connectivity index (χ1n) is 8.04. The molecule has 1 atom stereocenters. The Balaban J connectivity index is 1.58. The predicted octanol–water partition coefficient (Wildman–Crippen LogP) is 3.99. The zero-order chi connectivity index (χ0) is 17.6. The number of benzene rings is 3. The van der Waals surface area contributed by atoms with Crippen molar-refractivity contribution in [3.63, 3.8) is 0 Å². The van der Waals surface area contributed by atoms with Gasteiger partial charge in [-0.25, -0.2) is 4.79 Å². The predicted molar refractivity (Wildman–Crippen MR) is 101 cm³/mol. The van der Waals surface area contributed by atoms with Crippen molar-refractivity contribution in [2.24, 2.45) is 0 Å². The van der Waals surface area contributed by atoms with E-state index < -0.39 is 18.0 Å². The first kappa shape index (κ1) is 16.5. The fourth-order valence-corrected chi connectivity index (χ4v) is 2.50. The van der Waals surface area contributed by atoms with Crippen molar-refractivity contribution in [3.8, 4) is 0 Å². The first-order chi connectivity index (χ1) is 12.1. The standard InChI is InChI=1S/C20H19N3O2/c1-14(19(24)23-20(25)22-17-9-3-2-4-10-17)21-18-12-11-15-7-5-6-8-16(15)13-18/h2-14,21H,1H3,(H2,22,23,24,25). The normalized spacial score (nSPS) is 11.6. The number of hydrogen-bond acceptors (Lipinski definition) is 3. The summed E-state index contributed by atoms with van der Waals surface area (Å²) in [4.78, 5) is 24.1. The smallest absolute Gasteiger partial charge is 0.325 e. The highest BCUT2D eigenvalue weighted by Gasteiger charge is 2.15. The van der Waals surface area contributed by atoms with Gasteiger partial charge in [-0.3, -0.25) is 10.1 Å². The lowest BCUT2D eigenvalue weighted by molar-refractivity contribution is -0.120. The fourth-order valence-electron chi connectivity index (χ4n) is 2.50. The molecule has 126 valence electrons. The number of fused-ring (bicyclic) bond motifs is 1. The lowest BCUT2D eigenvalue weighted by Gasteiger charge is -2.15. The summed E-state index contributed by atoms with van der Waals surface area (Å²) in [5, 5.41) is 10.3. The summed E-state index contributed by atoms with van der Waals surface area (Å²) >= 11 is 0. The quantitative estimate of drug-likeness (QED) is 0.676. The number of amides is 3. The van der Waals surface area contributed by atoms with E-state index in [0.717, 1.165) is 16.5 Å². The molecule has 0 saturated carbocycles. The van der Waals surface area contributed by atoms with Crippen LogP contribution in [-0.2, 0) is 4.79 Å². The lowest BCUT2D eigenvalue weighted by Crippen LogP contribution is -2.42. The molecular weight excluding hydrogens is 314 g/mol. The number of carbonyl (C=O) groups is 2. The molecule has 0 spiro atoms. The van der Waals surface area contributed by atoms with E-state index in [9.17, 15) is 9.59 Å². The van der Waals surface area contributed by atoms with Gasteiger partial charge in [0.05, 0.1) is 0 Å². The molecule has 3 aromatic carbocycles. The van der Waals surface area contributed by atoms with Gasteiger partial charge in [-0.15, -0.1) is 0 Å². The molecule has 3 N–H and O–H groups in total. The molecular formula is C20H19N3O2. The Kier molecular flexibility index (Phi) is 4.95. The van der Waals surface area contributed by atoms with E-state index in [0.29, 0.717) is 5.69 Å². The molecule has 5 nitrogen and oxygen atoms in total. The average molecular weight is 333 g/mol. The second-order valence-corrected chi connectivity index (χ2v) is 5.74. The second kappa shape index (κ2) is 7.49. The minimum Gasteiger partial charge on any atom is -0.374 e. The van der Waals surface area contributed by atoms with E-state index in [-0.39, 0.29) is 0 Å². The van der Waals surface area contributed by atoms with Gasteiger partial charge < -0.3 is 10.6 Å². The third-order valence-corrected chi connectivity index (χ3v) is 3.79.